The highest BCUT2D eigenvalue weighted by molar-refractivity contribution is 7.89. The topological polar surface area (TPSA) is 83.5 Å². The second-order valence-electron chi connectivity index (χ2n) is 6.12. The van der Waals surface area contributed by atoms with Crippen molar-refractivity contribution in [1.82, 2.24) is 4.72 Å². The lowest BCUT2D eigenvalue weighted by molar-refractivity contribution is 0.0691. The SMILES string of the molecule is Cc1cc(S(=O)(=O)NC(C)C(C)(C)C)cc(C(=O)O)c1F. The molecule has 1 aromatic carbocycles. The predicted molar refractivity (Wildman–Crippen MR) is 77.3 cm³/mol. The van der Waals surface area contributed by atoms with Gasteiger partial charge in [-0.2, -0.15) is 0 Å². The standard InChI is InChI=1S/C14H20FNO4S/c1-8-6-10(7-11(12(8)15)13(17)18)21(19,20)16-9(2)14(3,4)5/h6-7,9,16H,1-5H3,(H,17,18). The highest BCUT2D eigenvalue weighted by Crippen LogP contribution is 2.23. The number of hydrogen-bond donors (Lipinski definition) is 2. The second-order valence-corrected chi connectivity index (χ2v) is 7.83. The summed E-state index contributed by atoms with van der Waals surface area (Å²) in [6.07, 6.45) is 0. The molecule has 1 rings (SSSR count). The molecule has 0 aliphatic heterocycles. The maximum Gasteiger partial charge on any atom is 0.338 e. The van der Waals surface area contributed by atoms with Crippen LogP contribution in [0, 0.1) is 18.2 Å². The highest BCUT2D eigenvalue weighted by Gasteiger charge is 2.27. The maximum atomic E-state index is 13.7. The largest absolute Gasteiger partial charge is 0.478 e. The minimum Gasteiger partial charge on any atom is -0.478 e. The minimum atomic E-state index is -3.92. The lowest BCUT2D eigenvalue weighted by Gasteiger charge is -2.27. The molecule has 0 bridgehead atoms. The van der Waals surface area contributed by atoms with Gasteiger partial charge in [-0.1, -0.05) is 20.8 Å². The van der Waals surface area contributed by atoms with Gasteiger partial charge in [0.2, 0.25) is 10.0 Å². The molecule has 1 unspecified atom stereocenters. The summed E-state index contributed by atoms with van der Waals surface area (Å²) in [7, 11) is -3.92. The van der Waals surface area contributed by atoms with E-state index < -0.39 is 27.4 Å². The molecule has 0 aromatic heterocycles. The first-order valence-electron chi connectivity index (χ1n) is 6.42. The number of rotatable bonds is 4. The van der Waals surface area contributed by atoms with Gasteiger partial charge in [0.15, 0.2) is 0 Å². The molecule has 0 fully saturated rings. The third-order valence-electron chi connectivity index (χ3n) is 3.40. The van der Waals surface area contributed by atoms with Gasteiger partial charge in [0.25, 0.3) is 0 Å². The van der Waals surface area contributed by atoms with Crippen molar-refractivity contribution in [3.05, 3.63) is 29.1 Å². The van der Waals surface area contributed by atoms with Crippen LogP contribution >= 0.6 is 0 Å². The summed E-state index contributed by atoms with van der Waals surface area (Å²) in [6, 6.07) is 1.59. The number of hydrogen-bond acceptors (Lipinski definition) is 3. The van der Waals surface area contributed by atoms with Crippen LogP contribution in [0.15, 0.2) is 17.0 Å². The van der Waals surface area contributed by atoms with E-state index in [-0.39, 0.29) is 21.9 Å². The van der Waals surface area contributed by atoms with E-state index in [2.05, 4.69) is 4.72 Å². The fraction of sp³-hybridized carbons (Fsp3) is 0.500. The smallest absolute Gasteiger partial charge is 0.338 e. The number of halogens is 1. The molecule has 0 heterocycles. The average molecular weight is 317 g/mol. The van der Waals surface area contributed by atoms with Gasteiger partial charge in [-0.25, -0.2) is 22.3 Å². The van der Waals surface area contributed by atoms with Crippen LogP contribution in [0.4, 0.5) is 4.39 Å². The van der Waals surface area contributed by atoms with Gasteiger partial charge in [-0.15, -0.1) is 0 Å². The summed E-state index contributed by atoms with van der Waals surface area (Å²) in [5.41, 5.74) is -0.991. The van der Waals surface area contributed by atoms with E-state index in [1.165, 1.54) is 6.92 Å². The number of nitrogens with one attached hydrogen (secondary N) is 1. The first-order chi connectivity index (χ1) is 9.36. The molecular weight excluding hydrogens is 297 g/mol. The lowest BCUT2D eigenvalue weighted by Crippen LogP contribution is -2.41. The molecule has 2 N–H and O–H groups in total. The van der Waals surface area contributed by atoms with E-state index in [1.807, 2.05) is 20.8 Å². The minimum absolute atomic E-state index is 0.0290. The zero-order chi connectivity index (χ0) is 16.6. The maximum absolute atomic E-state index is 13.7. The number of carboxylic acid groups (broad SMARTS) is 1. The molecule has 5 nitrogen and oxygen atoms in total. The zero-order valence-electron chi connectivity index (χ0n) is 12.7. The van der Waals surface area contributed by atoms with E-state index in [0.717, 1.165) is 12.1 Å². The van der Waals surface area contributed by atoms with E-state index in [0.29, 0.717) is 0 Å². The molecule has 0 saturated carbocycles. The molecule has 0 spiro atoms. The Balaban J connectivity index is 3.30. The molecule has 0 aliphatic rings. The summed E-state index contributed by atoms with van der Waals surface area (Å²) in [6.45, 7) is 8.66. The fourth-order valence-electron chi connectivity index (χ4n) is 1.52. The van der Waals surface area contributed by atoms with Gasteiger partial charge in [0.1, 0.15) is 5.82 Å². The van der Waals surface area contributed by atoms with Crippen LogP contribution in [0.2, 0.25) is 0 Å². The Labute approximate surface area is 124 Å². The van der Waals surface area contributed by atoms with Gasteiger partial charge in [0.05, 0.1) is 10.5 Å². The quantitative estimate of drug-likeness (QED) is 0.894. The molecular formula is C14H20FNO4S. The predicted octanol–water partition coefficient (Wildman–Crippen LogP) is 2.55. The third kappa shape index (κ3) is 4.01. The van der Waals surface area contributed by atoms with Crippen LogP contribution < -0.4 is 4.72 Å². The van der Waals surface area contributed by atoms with Gasteiger partial charge in [-0.05, 0) is 37.0 Å². The van der Waals surface area contributed by atoms with E-state index in [1.54, 1.807) is 6.92 Å². The van der Waals surface area contributed by atoms with Crippen molar-refractivity contribution in [3.63, 3.8) is 0 Å². The molecule has 0 saturated heterocycles. The Hall–Kier alpha value is -1.47. The molecule has 1 aromatic rings. The number of benzene rings is 1. The van der Waals surface area contributed by atoms with Crippen LogP contribution in [0.25, 0.3) is 0 Å². The van der Waals surface area contributed by atoms with Crippen LogP contribution in [0.5, 0.6) is 0 Å². The number of carbonyl (C=O) groups is 1. The second kappa shape index (κ2) is 5.73. The van der Waals surface area contributed by atoms with Crippen LogP contribution in [0.1, 0.15) is 43.6 Å². The van der Waals surface area contributed by atoms with E-state index >= 15 is 0 Å². The average Bonchev–Trinajstić information content (AvgIpc) is 2.29. The number of sulfonamides is 1. The van der Waals surface area contributed by atoms with Crippen molar-refractivity contribution < 1.29 is 22.7 Å². The number of aryl methyl sites for hydroxylation is 1. The molecule has 0 aliphatic carbocycles. The molecule has 0 radical (unpaired) electrons. The van der Waals surface area contributed by atoms with Crippen molar-refractivity contribution in [1.29, 1.82) is 0 Å². The van der Waals surface area contributed by atoms with Crippen LogP contribution in [-0.2, 0) is 10.0 Å². The van der Waals surface area contributed by atoms with Crippen LogP contribution in [-0.4, -0.2) is 25.5 Å². The number of aromatic carboxylic acids is 1. The molecule has 1 atom stereocenters. The van der Waals surface area contributed by atoms with Crippen molar-refractivity contribution >= 4 is 16.0 Å². The Morgan fingerprint density at radius 1 is 1.33 bits per heavy atom. The monoisotopic (exact) mass is 317 g/mol. The molecule has 7 heteroatoms. The Morgan fingerprint density at radius 2 is 1.86 bits per heavy atom. The van der Waals surface area contributed by atoms with Gasteiger partial charge >= 0.3 is 5.97 Å². The van der Waals surface area contributed by atoms with Gasteiger partial charge in [0, 0.05) is 6.04 Å². The Bertz CT molecular complexity index is 662. The van der Waals surface area contributed by atoms with Crippen molar-refractivity contribution in [2.75, 3.05) is 0 Å². The van der Waals surface area contributed by atoms with Gasteiger partial charge < -0.3 is 5.11 Å². The van der Waals surface area contributed by atoms with Crippen molar-refractivity contribution in [2.45, 2.75) is 45.6 Å². The van der Waals surface area contributed by atoms with Crippen LogP contribution in [0.3, 0.4) is 0 Å². The first-order valence-corrected chi connectivity index (χ1v) is 7.90. The molecule has 0 amide bonds. The Kier molecular flexibility index (Phi) is 4.80. The molecule has 21 heavy (non-hydrogen) atoms. The summed E-state index contributed by atoms with van der Waals surface area (Å²) in [4.78, 5) is 10.7. The fourth-order valence-corrected chi connectivity index (χ4v) is 3.08. The normalized spacial score (nSPS) is 14.0. The Morgan fingerprint density at radius 3 is 2.29 bits per heavy atom. The summed E-state index contributed by atoms with van der Waals surface area (Å²) >= 11 is 0. The molecule has 118 valence electrons. The summed E-state index contributed by atoms with van der Waals surface area (Å²) in [5, 5.41) is 8.94. The first kappa shape index (κ1) is 17.6. The van der Waals surface area contributed by atoms with Gasteiger partial charge in [-0.3, -0.25) is 0 Å². The highest BCUT2D eigenvalue weighted by atomic mass is 32.2. The van der Waals surface area contributed by atoms with Crippen molar-refractivity contribution in [3.8, 4) is 0 Å². The summed E-state index contributed by atoms with van der Waals surface area (Å²) in [5.74, 6) is -2.43. The van der Waals surface area contributed by atoms with E-state index in [4.69, 9.17) is 5.11 Å². The van der Waals surface area contributed by atoms with Crippen molar-refractivity contribution in [2.24, 2.45) is 5.41 Å². The summed E-state index contributed by atoms with van der Waals surface area (Å²) < 4.78 is 40.8. The third-order valence-corrected chi connectivity index (χ3v) is 4.92. The van der Waals surface area contributed by atoms with E-state index in [9.17, 15) is 17.6 Å². The lowest BCUT2D eigenvalue weighted by atomic mass is 9.89. The number of carboxylic acids is 1. The zero-order valence-corrected chi connectivity index (χ0v) is 13.5.